The summed E-state index contributed by atoms with van der Waals surface area (Å²) in [5.41, 5.74) is 4.38. The van der Waals surface area contributed by atoms with Crippen LogP contribution in [0.3, 0.4) is 0 Å². The van der Waals surface area contributed by atoms with E-state index in [-0.39, 0.29) is 5.57 Å². The second kappa shape index (κ2) is 11.4. The number of Topliss-reactive ketones (excluding diaryl/α,β-unsaturated/α-hetero) is 1. The molecule has 2 rings (SSSR count). The molecule has 0 saturated heterocycles. The molecule has 0 bridgehead atoms. The van der Waals surface area contributed by atoms with Gasteiger partial charge in [0.15, 0.2) is 5.71 Å². The molecule has 1 unspecified atom stereocenters. The number of carbonyl (C=O) groups excluding carboxylic acids is 3. The summed E-state index contributed by atoms with van der Waals surface area (Å²) in [6, 6.07) is 6.20. The van der Waals surface area contributed by atoms with Gasteiger partial charge in [-0.15, -0.1) is 22.7 Å². The normalized spacial score (nSPS) is 13.1. The minimum absolute atomic E-state index is 0.0304. The lowest BCUT2D eigenvalue weighted by Crippen LogP contribution is -2.49. The van der Waals surface area contributed by atoms with Gasteiger partial charge in [-0.1, -0.05) is 12.1 Å². The maximum atomic E-state index is 13.1. The number of thiophene rings is 2. The van der Waals surface area contributed by atoms with Crippen LogP contribution >= 0.6 is 22.7 Å². The van der Waals surface area contributed by atoms with Crippen molar-refractivity contribution in [2.24, 2.45) is 5.73 Å². The van der Waals surface area contributed by atoms with Crippen LogP contribution in [0.5, 0.6) is 0 Å². The molecule has 0 fully saturated rings. The summed E-state index contributed by atoms with van der Waals surface area (Å²) in [6.45, 7) is 4.02. The highest BCUT2D eigenvalue weighted by Crippen LogP contribution is 2.37. The molecule has 0 aromatic carbocycles. The Hall–Kier alpha value is -2.99. The van der Waals surface area contributed by atoms with Crippen LogP contribution in [0.2, 0.25) is 0 Å². The molecule has 0 aliphatic carbocycles. The zero-order valence-electron chi connectivity index (χ0n) is 18.6. The van der Waals surface area contributed by atoms with Crippen LogP contribution in [-0.2, 0) is 19.1 Å². The molecule has 0 aliphatic rings. The number of halogens is 3. The number of allylic oxidation sites excluding steroid dienone is 1. The van der Waals surface area contributed by atoms with Crippen molar-refractivity contribution in [1.29, 1.82) is 5.41 Å². The molecule has 0 spiro atoms. The van der Waals surface area contributed by atoms with E-state index in [4.69, 9.17) is 15.9 Å². The third kappa shape index (κ3) is 6.54. The van der Waals surface area contributed by atoms with Crippen molar-refractivity contribution in [2.45, 2.75) is 45.0 Å². The minimum Gasteiger partial charge on any atom is -0.453 e. The summed E-state index contributed by atoms with van der Waals surface area (Å²) < 4.78 is 44.3. The van der Waals surface area contributed by atoms with Gasteiger partial charge in [0, 0.05) is 27.6 Å². The molecule has 0 aliphatic heterocycles. The first-order valence-electron chi connectivity index (χ1n) is 10.1. The van der Waals surface area contributed by atoms with Gasteiger partial charge in [-0.05, 0) is 43.7 Å². The molecule has 0 saturated carbocycles. The third-order valence-electron chi connectivity index (χ3n) is 4.87. The van der Waals surface area contributed by atoms with Gasteiger partial charge in [0.25, 0.3) is 5.91 Å². The molecule has 0 radical (unpaired) electrons. The molecule has 34 heavy (non-hydrogen) atoms. The van der Waals surface area contributed by atoms with Crippen LogP contribution in [-0.4, -0.2) is 53.1 Å². The fourth-order valence-corrected chi connectivity index (χ4v) is 4.96. The number of nitrogens with one attached hydrogen (secondary N) is 1. The molecule has 7 nitrogen and oxygen atoms in total. The van der Waals surface area contributed by atoms with Crippen LogP contribution in [0, 0.1) is 5.41 Å². The van der Waals surface area contributed by atoms with Gasteiger partial charge in [0.05, 0.1) is 12.5 Å². The standard InChI is InChI=1S/C22H24F3N3O4S2/c1-12(2)28(20(30)18(27)19(29)13(3)10-26)11-14(32-21(31)22(23,24)25)17(15-6-4-8-33-15)16-7-5-9-34-16/h4-10,12,14,17,27H,11,26H2,1-3H3/b13-10-,27-18?. The number of carbonyl (C=O) groups is 3. The molecule has 12 heteroatoms. The predicted octanol–water partition coefficient (Wildman–Crippen LogP) is 4.10. The van der Waals surface area contributed by atoms with E-state index in [0.29, 0.717) is 9.75 Å². The lowest BCUT2D eigenvalue weighted by Gasteiger charge is -2.34. The Morgan fingerprint density at radius 2 is 1.68 bits per heavy atom. The van der Waals surface area contributed by atoms with Gasteiger partial charge < -0.3 is 15.4 Å². The van der Waals surface area contributed by atoms with Crippen molar-refractivity contribution >= 4 is 46.0 Å². The van der Waals surface area contributed by atoms with Gasteiger partial charge in [0.1, 0.15) is 6.10 Å². The number of rotatable bonds is 10. The lowest BCUT2D eigenvalue weighted by molar-refractivity contribution is -0.206. The highest BCUT2D eigenvalue weighted by atomic mass is 32.1. The number of ether oxygens (including phenoxy) is 1. The van der Waals surface area contributed by atoms with Crippen LogP contribution in [0.15, 0.2) is 46.8 Å². The van der Waals surface area contributed by atoms with Crippen molar-refractivity contribution in [3.63, 3.8) is 0 Å². The summed E-state index contributed by atoms with van der Waals surface area (Å²) in [7, 11) is 0. The topological polar surface area (TPSA) is 114 Å². The monoisotopic (exact) mass is 515 g/mol. The average Bonchev–Trinajstić information content (AvgIpc) is 3.49. The van der Waals surface area contributed by atoms with E-state index >= 15 is 0 Å². The summed E-state index contributed by atoms with van der Waals surface area (Å²) >= 11 is 2.53. The van der Waals surface area contributed by atoms with Crippen LogP contribution in [0.1, 0.15) is 36.4 Å². The van der Waals surface area contributed by atoms with Crippen LogP contribution in [0.25, 0.3) is 0 Å². The van der Waals surface area contributed by atoms with Crippen molar-refractivity contribution < 1.29 is 32.3 Å². The molecular weight excluding hydrogens is 491 g/mol. The minimum atomic E-state index is -5.24. The van der Waals surface area contributed by atoms with Gasteiger partial charge >= 0.3 is 12.1 Å². The number of esters is 1. The van der Waals surface area contributed by atoms with Crippen LogP contribution in [0.4, 0.5) is 13.2 Å². The largest absolute Gasteiger partial charge is 0.490 e. The SMILES string of the molecule is C/C(=C/N)C(=O)C(=N)C(=O)N(CC(OC(=O)C(F)(F)F)C(c1cccs1)c1cccs1)C(C)C. The number of ketones is 1. The first kappa shape index (κ1) is 27.3. The Morgan fingerprint density at radius 3 is 2.06 bits per heavy atom. The second-order valence-electron chi connectivity index (χ2n) is 7.56. The summed E-state index contributed by atoms with van der Waals surface area (Å²) in [6.07, 6.45) is -5.72. The highest BCUT2D eigenvalue weighted by Gasteiger charge is 2.45. The third-order valence-corrected chi connectivity index (χ3v) is 6.78. The molecule has 184 valence electrons. The second-order valence-corrected chi connectivity index (χ2v) is 9.51. The van der Waals surface area contributed by atoms with E-state index in [1.54, 1.807) is 48.9 Å². The number of nitrogens with zero attached hydrogens (tertiary/aromatic N) is 1. The number of amides is 1. The van der Waals surface area contributed by atoms with Gasteiger partial charge in [0.2, 0.25) is 5.78 Å². The predicted molar refractivity (Wildman–Crippen MR) is 124 cm³/mol. The molecular formula is C22H24F3N3O4S2. The van der Waals surface area contributed by atoms with Crippen molar-refractivity contribution in [3.05, 3.63) is 56.6 Å². The zero-order chi connectivity index (χ0) is 25.6. The maximum Gasteiger partial charge on any atom is 0.490 e. The Balaban J connectivity index is 2.50. The quantitative estimate of drug-likeness (QED) is 0.214. The van der Waals surface area contributed by atoms with Gasteiger partial charge in [-0.2, -0.15) is 13.2 Å². The molecule has 1 amide bonds. The van der Waals surface area contributed by atoms with E-state index in [1.165, 1.54) is 29.6 Å². The van der Waals surface area contributed by atoms with Crippen molar-refractivity contribution in [3.8, 4) is 0 Å². The zero-order valence-corrected chi connectivity index (χ0v) is 20.2. The van der Waals surface area contributed by atoms with E-state index < -0.39 is 54.2 Å². The summed E-state index contributed by atoms with van der Waals surface area (Å²) in [5.74, 6) is -5.10. The molecule has 2 aromatic heterocycles. The lowest BCUT2D eigenvalue weighted by atomic mass is 9.96. The smallest absolute Gasteiger partial charge is 0.453 e. The molecule has 2 aromatic rings. The highest BCUT2D eigenvalue weighted by molar-refractivity contribution is 7.11. The Bertz CT molecular complexity index is 1010. The number of alkyl halides is 3. The Morgan fingerprint density at radius 1 is 1.15 bits per heavy atom. The summed E-state index contributed by atoms with van der Waals surface area (Å²) in [4.78, 5) is 39.5. The number of nitrogens with two attached hydrogens (primary N) is 1. The van der Waals surface area contributed by atoms with E-state index in [1.807, 2.05) is 0 Å². The van der Waals surface area contributed by atoms with Gasteiger partial charge in [-0.3, -0.25) is 15.0 Å². The molecule has 2 heterocycles. The molecule has 1 atom stereocenters. The van der Waals surface area contributed by atoms with Crippen molar-refractivity contribution in [2.75, 3.05) is 6.54 Å². The van der Waals surface area contributed by atoms with Crippen molar-refractivity contribution in [1.82, 2.24) is 4.90 Å². The number of hydrogen-bond donors (Lipinski definition) is 2. The Labute approximate surface area is 202 Å². The maximum absolute atomic E-state index is 13.1. The van der Waals surface area contributed by atoms with E-state index in [2.05, 4.69) is 0 Å². The Kier molecular flexibility index (Phi) is 9.16. The molecule has 3 N–H and O–H groups in total. The van der Waals surface area contributed by atoms with E-state index in [9.17, 15) is 27.6 Å². The van der Waals surface area contributed by atoms with E-state index in [0.717, 1.165) is 11.1 Å². The average molecular weight is 516 g/mol. The van der Waals surface area contributed by atoms with Crippen LogP contribution < -0.4 is 5.73 Å². The summed E-state index contributed by atoms with van der Waals surface area (Å²) in [5, 5.41) is 11.5. The van der Waals surface area contributed by atoms with Gasteiger partial charge in [-0.25, -0.2) is 4.79 Å². The fourth-order valence-electron chi connectivity index (χ4n) is 3.09. The number of hydrogen-bond acceptors (Lipinski definition) is 8. The first-order chi connectivity index (χ1) is 15.9. The first-order valence-corrected chi connectivity index (χ1v) is 11.8. The fraction of sp³-hybridized carbons (Fsp3) is 0.364.